The zero-order valence-electron chi connectivity index (χ0n) is 19.5. The Kier molecular flexibility index (Phi) is 8.12. The number of fused-ring (bicyclic) bond motifs is 1. The molecule has 32 heavy (non-hydrogen) atoms. The Morgan fingerprint density at radius 1 is 1.22 bits per heavy atom. The number of hydrogen-bond donors (Lipinski definition) is 2. The second-order valence-corrected chi connectivity index (χ2v) is 8.76. The van der Waals surface area contributed by atoms with Crippen molar-refractivity contribution in [3.63, 3.8) is 0 Å². The summed E-state index contributed by atoms with van der Waals surface area (Å²) in [6.45, 7) is 7.22. The van der Waals surface area contributed by atoms with Crippen molar-refractivity contribution in [2.75, 3.05) is 26.7 Å². The lowest BCUT2D eigenvalue weighted by Crippen LogP contribution is -2.48. The number of ether oxygens (including phenoxy) is 1. The number of methoxy groups -OCH3 is 1. The third kappa shape index (κ3) is 6.07. The molecule has 1 aromatic carbocycles. The zero-order valence-corrected chi connectivity index (χ0v) is 19.5. The van der Waals surface area contributed by atoms with Gasteiger partial charge in [-0.3, -0.25) is 9.89 Å². The quantitative estimate of drug-likeness (QED) is 0.486. The maximum absolute atomic E-state index is 5.18. The average Bonchev–Trinajstić information content (AvgIpc) is 3.21. The zero-order chi connectivity index (χ0) is 22.2. The molecule has 2 unspecified atom stereocenters. The Labute approximate surface area is 191 Å². The number of likely N-dealkylation sites (tertiary alicyclic amines) is 1. The minimum atomic E-state index is 0.296. The molecular weight excluding hydrogens is 402 g/mol. The summed E-state index contributed by atoms with van der Waals surface area (Å²) in [5, 5.41) is 11.7. The Bertz CT molecular complexity index is 866. The molecular formula is C24H37N7O. The van der Waals surface area contributed by atoms with E-state index in [1.165, 1.54) is 24.8 Å². The van der Waals surface area contributed by atoms with Crippen molar-refractivity contribution in [3.8, 4) is 0 Å². The Hall–Kier alpha value is -2.45. The van der Waals surface area contributed by atoms with E-state index in [0.29, 0.717) is 18.7 Å². The van der Waals surface area contributed by atoms with Gasteiger partial charge < -0.3 is 15.4 Å². The van der Waals surface area contributed by atoms with E-state index in [9.17, 15) is 0 Å². The van der Waals surface area contributed by atoms with E-state index >= 15 is 0 Å². The van der Waals surface area contributed by atoms with E-state index in [1.54, 1.807) is 7.11 Å². The summed E-state index contributed by atoms with van der Waals surface area (Å²) in [5.74, 6) is 2.72. The fourth-order valence-corrected chi connectivity index (χ4v) is 4.67. The van der Waals surface area contributed by atoms with Gasteiger partial charge in [-0.2, -0.15) is 5.10 Å². The molecule has 2 atom stereocenters. The predicted molar refractivity (Wildman–Crippen MR) is 126 cm³/mol. The molecule has 0 saturated carbocycles. The molecule has 0 aliphatic carbocycles. The molecule has 0 spiro atoms. The number of hydrogen-bond acceptors (Lipinski definition) is 5. The molecule has 0 bridgehead atoms. The Morgan fingerprint density at radius 2 is 2.09 bits per heavy atom. The van der Waals surface area contributed by atoms with Gasteiger partial charge in [-0.15, -0.1) is 0 Å². The first kappa shape index (κ1) is 22.7. The third-order valence-corrected chi connectivity index (χ3v) is 6.30. The maximum Gasteiger partial charge on any atom is 0.191 e. The summed E-state index contributed by atoms with van der Waals surface area (Å²) >= 11 is 0. The van der Waals surface area contributed by atoms with Crippen LogP contribution in [-0.2, 0) is 30.9 Å². The van der Waals surface area contributed by atoms with Crippen LogP contribution in [0, 0.1) is 0 Å². The number of aryl methyl sites for hydroxylation is 1. The lowest BCUT2D eigenvalue weighted by atomic mass is 10.0. The first-order valence-electron chi connectivity index (χ1n) is 12.0. The average molecular weight is 440 g/mol. The van der Waals surface area contributed by atoms with Gasteiger partial charge in [-0.1, -0.05) is 36.8 Å². The van der Waals surface area contributed by atoms with Crippen LogP contribution >= 0.6 is 0 Å². The largest absolute Gasteiger partial charge is 0.377 e. The normalized spacial score (nSPS) is 21.9. The smallest absolute Gasteiger partial charge is 0.191 e. The number of aromatic nitrogens is 3. The van der Waals surface area contributed by atoms with Crippen molar-refractivity contribution in [1.29, 1.82) is 0 Å². The lowest BCUT2D eigenvalue weighted by Gasteiger charge is -2.35. The summed E-state index contributed by atoms with van der Waals surface area (Å²) in [6, 6.07) is 11.6. The lowest BCUT2D eigenvalue weighted by molar-refractivity contribution is 0.145. The molecule has 1 fully saturated rings. The van der Waals surface area contributed by atoms with Crippen LogP contribution in [-0.4, -0.2) is 64.5 Å². The molecule has 3 heterocycles. The number of rotatable bonds is 8. The topological polar surface area (TPSA) is 79.6 Å². The molecule has 8 heteroatoms. The molecule has 2 N–H and O–H groups in total. The number of benzene rings is 1. The molecule has 0 amide bonds. The van der Waals surface area contributed by atoms with E-state index in [0.717, 1.165) is 63.2 Å². The number of piperidine rings is 1. The molecule has 2 aromatic rings. The van der Waals surface area contributed by atoms with Crippen molar-refractivity contribution in [2.45, 2.75) is 70.8 Å². The summed E-state index contributed by atoms with van der Waals surface area (Å²) < 4.78 is 7.19. The van der Waals surface area contributed by atoms with Gasteiger partial charge >= 0.3 is 0 Å². The van der Waals surface area contributed by atoms with Crippen molar-refractivity contribution in [1.82, 2.24) is 30.3 Å². The molecule has 2 aliphatic heterocycles. The summed E-state index contributed by atoms with van der Waals surface area (Å²) in [4.78, 5) is 12.2. The SMILES string of the molecule is CCNC(=NCC1CCCCN1Cc1ccccc1)NC1CCc2nc(COC)nn2C1. The van der Waals surface area contributed by atoms with Crippen molar-refractivity contribution in [3.05, 3.63) is 47.5 Å². The van der Waals surface area contributed by atoms with Gasteiger partial charge in [-0.05, 0) is 38.3 Å². The second kappa shape index (κ2) is 11.4. The highest BCUT2D eigenvalue weighted by Crippen LogP contribution is 2.20. The van der Waals surface area contributed by atoms with Crippen LogP contribution in [0.4, 0.5) is 0 Å². The third-order valence-electron chi connectivity index (χ3n) is 6.30. The van der Waals surface area contributed by atoms with Crippen LogP contribution in [0.3, 0.4) is 0 Å². The molecule has 1 aromatic heterocycles. The fourth-order valence-electron chi connectivity index (χ4n) is 4.67. The van der Waals surface area contributed by atoms with Gasteiger partial charge in [-0.25, -0.2) is 9.67 Å². The second-order valence-electron chi connectivity index (χ2n) is 8.76. The standard InChI is InChI=1S/C24H37N7O/c1-3-25-24(27-20-12-13-23-28-22(18-32-2)29-31(23)17-20)26-15-21-11-7-8-14-30(21)16-19-9-5-4-6-10-19/h4-6,9-10,20-21H,3,7-8,11-18H2,1-2H3,(H2,25,26,27). The van der Waals surface area contributed by atoms with Crippen LogP contribution in [0.5, 0.6) is 0 Å². The Morgan fingerprint density at radius 3 is 2.91 bits per heavy atom. The number of nitrogens with one attached hydrogen (secondary N) is 2. The van der Waals surface area contributed by atoms with E-state index in [1.807, 2.05) is 4.68 Å². The van der Waals surface area contributed by atoms with Crippen LogP contribution in [0.2, 0.25) is 0 Å². The van der Waals surface area contributed by atoms with Gasteiger partial charge in [0.15, 0.2) is 11.8 Å². The van der Waals surface area contributed by atoms with Gasteiger partial charge in [0.05, 0.1) is 13.1 Å². The fraction of sp³-hybridized carbons (Fsp3) is 0.625. The minimum absolute atomic E-state index is 0.296. The summed E-state index contributed by atoms with van der Waals surface area (Å²) in [6.07, 6.45) is 5.72. The molecule has 8 nitrogen and oxygen atoms in total. The van der Waals surface area contributed by atoms with Crippen molar-refractivity contribution >= 4 is 5.96 Å². The molecule has 0 radical (unpaired) electrons. The van der Waals surface area contributed by atoms with Gasteiger partial charge in [0.25, 0.3) is 0 Å². The molecule has 4 rings (SSSR count). The Balaban J connectivity index is 1.36. The van der Waals surface area contributed by atoms with E-state index in [4.69, 9.17) is 9.73 Å². The van der Waals surface area contributed by atoms with E-state index in [-0.39, 0.29) is 0 Å². The first-order valence-corrected chi connectivity index (χ1v) is 12.0. The number of aliphatic imine (C=N–C) groups is 1. The monoisotopic (exact) mass is 439 g/mol. The van der Waals surface area contributed by atoms with E-state index in [2.05, 4.69) is 62.9 Å². The summed E-state index contributed by atoms with van der Waals surface area (Å²) in [5.41, 5.74) is 1.38. The minimum Gasteiger partial charge on any atom is -0.377 e. The van der Waals surface area contributed by atoms with Crippen molar-refractivity contribution < 1.29 is 4.74 Å². The molecule has 2 aliphatic rings. The highest BCUT2D eigenvalue weighted by atomic mass is 16.5. The maximum atomic E-state index is 5.18. The van der Waals surface area contributed by atoms with Gasteiger partial charge in [0, 0.05) is 38.7 Å². The number of nitrogens with zero attached hydrogens (tertiary/aromatic N) is 5. The van der Waals surface area contributed by atoms with Crippen molar-refractivity contribution in [2.24, 2.45) is 4.99 Å². The molecule has 1 saturated heterocycles. The predicted octanol–water partition coefficient (Wildman–Crippen LogP) is 2.35. The molecule has 174 valence electrons. The first-order chi connectivity index (χ1) is 15.7. The van der Waals surface area contributed by atoms with Gasteiger partial charge in [0.2, 0.25) is 0 Å². The summed E-state index contributed by atoms with van der Waals surface area (Å²) in [7, 11) is 1.68. The van der Waals surface area contributed by atoms with Crippen LogP contribution in [0.15, 0.2) is 35.3 Å². The highest BCUT2D eigenvalue weighted by Gasteiger charge is 2.24. The van der Waals surface area contributed by atoms with Crippen LogP contribution < -0.4 is 10.6 Å². The van der Waals surface area contributed by atoms with Gasteiger partial charge in [0.1, 0.15) is 12.4 Å². The number of guanidine groups is 1. The van der Waals surface area contributed by atoms with Crippen LogP contribution in [0.25, 0.3) is 0 Å². The van der Waals surface area contributed by atoms with Crippen LogP contribution in [0.1, 0.15) is 49.8 Å². The highest BCUT2D eigenvalue weighted by molar-refractivity contribution is 5.80. The van der Waals surface area contributed by atoms with E-state index < -0.39 is 0 Å².